The number of aromatic hydroxyl groups is 2. The predicted octanol–water partition coefficient (Wildman–Crippen LogP) is 2.56. The van der Waals surface area contributed by atoms with Crippen molar-refractivity contribution < 1.29 is 14.7 Å². The summed E-state index contributed by atoms with van der Waals surface area (Å²) < 4.78 is 5.13. The summed E-state index contributed by atoms with van der Waals surface area (Å²) in [5, 5.41) is 31.0. The highest BCUT2D eigenvalue weighted by molar-refractivity contribution is 5.59. The highest BCUT2D eigenvalue weighted by atomic mass is 16.5. The second-order valence-electron chi connectivity index (χ2n) is 4.26. The number of phenolic OH excluding ortho intramolecular Hbond substituents is 2. The lowest BCUT2D eigenvalue weighted by Crippen LogP contribution is -1.93. The van der Waals surface area contributed by atoms with Crippen LogP contribution in [0.2, 0.25) is 0 Å². The van der Waals surface area contributed by atoms with Crippen LogP contribution in [-0.2, 0) is 0 Å². The molecule has 0 saturated carbocycles. The van der Waals surface area contributed by atoms with E-state index in [9.17, 15) is 10.2 Å². The molecule has 0 amide bonds. The number of aromatic nitrogens is 2. The third-order valence-corrected chi connectivity index (χ3v) is 2.79. The number of phenols is 2. The Kier molecular flexibility index (Phi) is 3.66. The average molecular weight is 259 g/mol. The summed E-state index contributed by atoms with van der Waals surface area (Å²) in [5.41, 5.74) is 0.554. The number of nitrogens with zero attached hydrogens (tertiary/aromatic N) is 3. The summed E-state index contributed by atoms with van der Waals surface area (Å²) in [4.78, 5) is 4.22. The molecule has 0 aliphatic rings. The summed E-state index contributed by atoms with van der Waals surface area (Å²) in [5.74, 6) is 0.370. The van der Waals surface area contributed by atoms with E-state index in [0.29, 0.717) is 30.1 Å². The van der Waals surface area contributed by atoms with Crippen LogP contribution in [0.4, 0.5) is 0 Å². The molecule has 1 heterocycles. The van der Waals surface area contributed by atoms with Gasteiger partial charge < -0.3 is 14.7 Å². The van der Waals surface area contributed by atoms with Crippen LogP contribution >= 0.6 is 0 Å². The lowest BCUT2D eigenvalue weighted by Gasteiger charge is -2.01. The van der Waals surface area contributed by atoms with Crippen LogP contribution in [0.15, 0.2) is 22.7 Å². The maximum absolute atomic E-state index is 9.42. The van der Waals surface area contributed by atoms with E-state index in [1.165, 1.54) is 12.1 Å². The molecular formula is C13H13N3O3. The Hall–Kier alpha value is -2.55. The fourth-order valence-corrected chi connectivity index (χ4v) is 1.62. The maximum Gasteiger partial charge on any atom is 0.229 e. The van der Waals surface area contributed by atoms with Crippen LogP contribution in [0.3, 0.4) is 0 Å². The SMILES string of the molecule is CC(CCC#N)c1nc(-c2ccc(O)c(O)c2)no1. The van der Waals surface area contributed by atoms with E-state index in [0.717, 1.165) is 0 Å². The molecule has 0 bridgehead atoms. The fraction of sp³-hybridized carbons (Fsp3) is 0.308. The number of nitriles is 1. The van der Waals surface area contributed by atoms with Gasteiger partial charge in [-0.05, 0) is 24.6 Å². The summed E-state index contributed by atoms with van der Waals surface area (Å²) in [7, 11) is 0. The molecule has 2 rings (SSSR count). The minimum absolute atomic E-state index is 0.00612. The third-order valence-electron chi connectivity index (χ3n) is 2.79. The first kappa shape index (κ1) is 12.9. The van der Waals surface area contributed by atoms with Gasteiger partial charge in [0.15, 0.2) is 11.5 Å². The average Bonchev–Trinajstić information content (AvgIpc) is 2.89. The van der Waals surface area contributed by atoms with Crippen LogP contribution < -0.4 is 0 Å². The zero-order valence-electron chi connectivity index (χ0n) is 10.4. The molecule has 0 spiro atoms. The second-order valence-corrected chi connectivity index (χ2v) is 4.26. The van der Waals surface area contributed by atoms with Crippen molar-refractivity contribution in [3.8, 4) is 29.0 Å². The van der Waals surface area contributed by atoms with Gasteiger partial charge in [0.05, 0.1) is 6.07 Å². The molecule has 1 atom stereocenters. The zero-order valence-corrected chi connectivity index (χ0v) is 10.4. The fourth-order valence-electron chi connectivity index (χ4n) is 1.62. The van der Waals surface area contributed by atoms with Gasteiger partial charge in [0.1, 0.15) is 0 Å². The highest BCUT2D eigenvalue weighted by Gasteiger charge is 2.15. The molecule has 1 aromatic heterocycles. The normalized spacial score (nSPS) is 12.0. The molecule has 0 aliphatic carbocycles. The monoisotopic (exact) mass is 259 g/mol. The Morgan fingerprint density at radius 1 is 1.37 bits per heavy atom. The molecular weight excluding hydrogens is 246 g/mol. The smallest absolute Gasteiger partial charge is 0.229 e. The van der Waals surface area contributed by atoms with Crippen molar-refractivity contribution in [3.05, 3.63) is 24.1 Å². The molecule has 98 valence electrons. The van der Waals surface area contributed by atoms with Crippen molar-refractivity contribution in [1.29, 1.82) is 5.26 Å². The molecule has 6 nitrogen and oxygen atoms in total. The van der Waals surface area contributed by atoms with Gasteiger partial charge in [-0.1, -0.05) is 12.1 Å². The van der Waals surface area contributed by atoms with Crippen LogP contribution in [-0.4, -0.2) is 20.4 Å². The van der Waals surface area contributed by atoms with Gasteiger partial charge in [-0.2, -0.15) is 10.2 Å². The van der Waals surface area contributed by atoms with Crippen molar-refractivity contribution in [3.63, 3.8) is 0 Å². The summed E-state index contributed by atoms with van der Waals surface area (Å²) in [6.45, 7) is 1.91. The van der Waals surface area contributed by atoms with E-state index in [4.69, 9.17) is 9.78 Å². The van der Waals surface area contributed by atoms with Gasteiger partial charge in [0.2, 0.25) is 11.7 Å². The Labute approximate surface area is 109 Å². The summed E-state index contributed by atoms with van der Waals surface area (Å²) in [6, 6.07) is 6.38. The Balaban J connectivity index is 2.21. The first-order chi connectivity index (χ1) is 9.11. The Bertz CT molecular complexity index is 616. The number of hydrogen-bond donors (Lipinski definition) is 2. The van der Waals surface area contributed by atoms with E-state index in [1.54, 1.807) is 6.07 Å². The summed E-state index contributed by atoms with van der Waals surface area (Å²) in [6.07, 6.45) is 1.08. The molecule has 19 heavy (non-hydrogen) atoms. The van der Waals surface area contributed by atoms with Crippen molar-refractivity contribution in [2.45, 2.75) is 25.7 Å². The van der Waals surface area contributed by atoms with E-state index < -0.39 is 0 Å². The van der Waals surface area contributed by atoms with Crippen molar-refractivity contribution in [2.24, 2.45) is 0 Å². The van der Waals surface area contributed by atoms with Gasteiger partial charge in [-0.25, -0.2) is 0 Å². The van der Waals surface area contributed by atoms with E-state index >= 15 is 0 Å². The van der Waals surface area contributed by atoms with Crippen LogP contribution in [0.1, 0.15) is 31.6 Å². The molecule has 6 heteroatoms. The van der Waals surface area contributed by atoms with Gasteiger partial charge in [-0.3, -0.25) is 0 Å². The highest BCUT2D eigenvalue weighted by Crippen LogP contribution is 2.30. The molecule has 0 fully saturated rings. The second kappa shape index (κ2) is 5.40. The lowest BCUT2D eigenvalue weighted by molar-refractivity contribution is 0.355. The van der Waals surface area contributed by atoms with Crippen LogP contribution in [0.25, 0.3) is 11.4 Å². The van der Waals surface area contributed by atoms with Crippen molar-refractivity contribution in [2.75, 3.05) is 0 Å². The van der Waals surface area contributed by atoms with Crippen LogP contribution in [0.5, 0.6) is 11.5 Å². The first-order valence-electron chi connectivity index (χ1n) is 5.84. The van der Waals surface area contributed by atoms with Gasteiger partial charge in [0, 0.05) is 17.9 Å². The molecule has 0 aliphatic heterocycles. The molecule has 0 radical (unpaired) electrons. The lowest BCUT2D eigenvalue weighted by atomic mass is 10.1. The molecule has 2 aromatic rings. The largest absolute Gasteiger partial charge is 0.504 e. The number of rotatable bonds is 4. The van der Waals surface area contributed by atoms with E-state index in [-0.39, 0.29) is 17.4 Å². The predicted molar refractivity (Wildman–Crippen MR) is 66.3 cm³/mol. The molecule has 1 unspecified atom stereocenters. The molecule has 0 saturated heterocycles. The minimum atomic E-state index is -0.235. The van der Waals surface area contributed by atoms with Gasteiger partial charge >= 0.3 is 0 Å². The van der Waals surface area contributed by atoms with Gasteiger partial charge in [-0.15, -0.1) is 0 Å². The molecule has 2 N–H and O–H groups in total. The summed E-state index contributed by atoms with van der Waals surface area (Å²) >= 11 is 0. The Morgan fingerprint density at radius 3 is 2.84 bits per heavy atom. The van der Waals surface area contributed by atoms with Crippen molar-refractivity contribution in [1.82, 2.24) is 10.1 Å². The standard InChI is InChI=1S/C13H13N3O3/c1-8(3-2-6-14)13-15-12(16-19-13)9-4-5-10(17)11(18)7-9/h4-5,7-8,17-18H,2-3H2,1H3. The topological polar surface area (TPSA) is 103 Å². The number of benzene rings is 1. The quantitative estimate of drug-likeness (QED) is 0.818. The maximum atomic E-state index is 9.42. The third kappa shape index (κ3) is 2.83. The van der Waals surface area contributed by atoms with Crippen LogP contribution in [0, 0.1) is 11.3 Å². The van der Waals surface area contributed by atoms with E-state index in [2.05, 4.69) is 16.2 Å². The van der Waals surface area contributed by atoms with Crippen molar-refractivity contribution >= 4 is 0 Å². The molecule has 1 aromatic carbocycles. The first-order valence-corrected chi connectivity index (χ1v) is 5.84. The van der Waals surface area contributed by atoms with E-state index in [1.807, 2.05) is 6.92 Å². The zero-order chi connectivity index (χ0) is 13.8. The van der Waals surface area contributed by atoms with Gasteiger partial charge in [0.25, 0.3) is 0 Å². The minimum Gasteiger partial charge on any atom is -0.504 e. The Morgan fingerprint density at radius 2 is 2.16 bits per heavy atom. The number of hydrogen-bond acceptors (Lipinski definition) is 6.